The number of Topliss-reactive ketones (excluding diaryl/α,β-unsaturated/α-hetero) is 1. The third-order valence-electron chi connectivity index (χ3n) is 2.44. The average molecular weight is 306 g/mol. The molecule has 3 nitrogen and oxygen atoms in total. The maximum Gasteiger partial charge on any atom is 0.219 e. The quantitative estimate of drug-likeness (QED) is 0.800. The first-order valence-electron chi connectivity index (χ1n) is 5.47. The monoisotopic (exact) mass is 305 g/mol. The summed E-state index contributed by atoms with van der Waals surface area (Å²) in [7, 11) is 0. The highest BCUT2D eigenvalue weighted by atomic mass is 79.9. The fourth-order valence-electron chi connectivity index (χ4n) is 1.49. The van der Waals surface area contributed by atoms with Crippen LogP contribution in [0.25, 0.3) is 0 Å². The summed E-state index contributed by atoms with van der Waals surface area (Å²) in [6.07, 6.45) is 1.56. The molecule has 0 aliphatic heterocycles. The molecule has 1 heterocycles. The number of carbonyl (C=O) groups excluding carboxylic acids is 1. The van der Waals surface area contributed by atoms with Crippen molar-refractivity contribution in [2.24, 2.45) is 0 Å². The molecule has 0 fully saturated rings. The molecule has 0 saturated carbocycles. The van der Waals surface area contributed by atoms with E-state index < -0.39 is 0 Å². The van der Waals surface area contributed by atoms with Crippen LogP contribution in [0.1, 0.15) is 22.8 Å². The van der Waals surface area contributed by atoms with Crippen molar-refractivity contribution in [3.63, 3.8) is 0 Å². The molecule has 0 unspecified atom stereocenters. The number of halogens is 1. The standard InChI is InChI=1S/C14H12BrNO2/c1-9-3-4-13(12(15)7-9)18-14-8-11(10(2)17)5-6-16-14/h3-8H,1-2H3. The number of benzene rings is 1. The molecule has 0 amide bonds. The van der Waals surface area contributed by atoms with Crippen LogP contribution in [0.3, 0.4) is 0 Å². The molecule has 0 spiro atoms. The number of hydrogen-bond acceptors (Lipinski definition) is 3. The van der Waals surface area contributed by atoms with E-state index in [1.165, 1.54) is 6.92 Å². The van der Waals surface area contributed by atoms with Gasteiger partial charge in [0.1, 0.15) is 5.75 Å². The van der Waals surface area contributed by atoms with Crippen molar-refractivity contribution in [2.75, 3.05) is 0 Å². The summed E-state index contributed by atoms with van der Waals surface area (Å²) >= 11 is 3.43. The van der Waals surface area contributed by atoms with Gasteiger partial charge in [0.15, 0.2) is 5.78 Å². The van der Waals surface area contributed by atoms with E-state index in [4.69, 9.17) is 4.74 Å². The first kappa shape index (κ1) is 12.8. The van der Waals surface area contributed by atoms with E-state index in [1.807, 2.05) is 25.1 Å². The molecule has 2 aromatic rings. The predicted octanol–water partition coefficient (Wildman–Crippen LogP) is 4.15. The zero-order valence-electron chi connectivity index (χ0n) is 10.1. The van der Waals surface area contributed by atoms with Crippen molar-refractivity contribution in [3.05, 3.63) is 52.1 Å². The number of hydrogen-bond donors (Lipinski definition) is 0. The Hall–Kier alpha value is -1.68. The Balaban J connectivity index is 2.28. The summed E-state index contributed by atoms with van der Waals surface area (Å²) in [5, 5.41) is 0. The molecule has 0 aliphatic carbocycles. The Labute approximate surface area is 114 Å². The van der Waals surface area contributed by atoms with Gasteiger partial charge in [-0.25, -0.2) is 4.98 Å². The SMILES string of the molecule is CC(=O)c1ccnc(Oc2ccc(C)cc2Br)c1. The Bertz CT molecular complexity index is 596. The molecular formula is C14H12BrNO2. The molecule has 0 radical (unpaired) electrons. The van der Waals surface area contributed by atoms with Crippen LogP contribution in [-0.4, -0.2) is 10.8 Å². The molecule has 1 aromatic heterocycles. The molecule has 18 heavy (non-hydrogen) atoms. The summed E-state index contributed by atoms with van der Waals surface area (Å²) in [6, 6.07) is 9.08. The van der Waals surface area contributed by atoms with Crippen LogP contribution in [0.15, 0.2) is 41.0 Å². The number of carbonyl (C=O) groups is 1. The van der Waals surface area contributed by atoms with Crippen molar-refractivity contribution in [3.8, 4) is 11.6 Å². The van der Waals surface area contributed by atoms with Crippen molar-refractivity contribution in [2.45, 2.75) is 13.8 Å². The second kappa shape index (κ2) is 5.31. The van der Waals surface area contributed by atoms with Crippen molar-refractivity contribution >= 4 is 21.7 Å². The van der Waals surface area contributed by atoms with E-state index in [0.717, 1.165) is 10.0 Å². The molecule has 4 heteroatoms. The molecule has 0 N–H and O–H groups in total. The third-order valence-corrected chi connectivity index (χ3v) is 3.06. The highest BCUT2D eigenvalue weighted by Gasteiger charge is 2.06. The summed E-state index contributed by atoms with van der Waals surface area (Å²) < 4.78 is 6.50. The van der Waals surface area contributed by atoms with Crippen molar-refractivity contribution in [1.29, 1.82) is 0 Å². The van der Waals surface area contributed by atoms with Gasteiger partial charge in [0.05, 0.1) is 4.47 Å². The van der Waals surface area contributed by atoms with Crippen LogP contribution >= 0.6 is 15.9 Å². The normalized spacial score (nSPS) is 10.2. The number of aromatic nitrogens is 1. The van der Waals surface area contributed by atoms with Gasteiger partial charge in [-0.3, -0.25) is 4.79 Å². The van der Waals surface area contributed by atoms with E-state index in [0.29, 0.717) is 17.2 Å². The zero-order chi connectivity index (χ0) is 13.1. The van der Waals surface area contributed by atoms with E-state index in [-0.39, 0.29) is 5.78 Å². The fourth-order valence-corrected chi connectivity index (χ4v) is 2.06. The van der Waals surface area contributed by atoms with Gasteiger partial charge in [0.2, 0.25) is 5.88 Å². The van der Waals surface area contributed by atoms with Crippen LogP contribution in [0.2, 0.25) is 0 Å². The number of rotatable bonds is 3. The van der Waals surface area contributed by atoms with E-state index in [9.17, 15) is 4.79 Å². The van der Waals surface area contributed by atoms with Gasteiger partial charge in [0, 0.05) is 17.8 Å². The number of pyridine rings is 1. The van der Waals surface area contributed by atoms with Gasteiger partial charge in [-0.15, -0.1) is 0 Å². The molecule has 0 aliphatic rings. The lowest BCUT2D eigenvalue weighted by molar-refractivity contribution is 0.101. The molecular weight excluding hydrogens is 294 g/mol. The second-order valence-electron chi connectivity index (χ2n) is 3.97. The van der Waals surface area contributed by atoms with E-state index >= 15 is 0 Å². The highest BCUT2D eigenvalue weighted by Crippen LogP contribution is 2.29. The van der Waals surface area contributed by atoms with Crippen LogP contribution in [-0.2, 0) is 0 Å². The smallest absolute Gasteiger partial charge is 0.219 e. The lowest BCUT2D eigenvalue weighted by Gasteiger charge is -2.08. The average Bonchev–Trinajstić information content (AvgIpc) is 2.33. The maximum atomic E-state index is 11.3. The first-order valence-corrected chi connectivity index (χ1v) is 6.26. The Morgan fingerprint density at radius 1 is 1.28 bits per heavy atom. The minimum absolute atomic E-state index is 0.00905. The molecule has 0 saturated heterocycles. The third kappa shape index (κ3) is 2.96. The number of ether oxygens (including phenoxy) is 1. The first-order chi connectivity index (χ1) is 8.56. The van der Waals surface area contributed by atoms with Crippen molar-refractivity contribution in [1.82, 2.24) is 4.98 Å². The van der Waals surface area contributed by atoms with Gasteiger partial charge >= 0.3 is 0 Å². The second-order valence-corrected chi connectivity index (χ2v) is 4.83. The maximum absolute atomic E-state index is 11.3. The van der Waals surface area contributed by atoms with Gasteiger partial charge in [-0.05, 0) is 53.5 Å². The molecule has 0 bridgehead atoms. The highest BCUT2D eigenvalue weighted by molar-refractivity contribution is 9.10. The van der Waals surface area contributed by atoms with Gasteiger partial charge in [-0.2, -0.15) is 0 Å². The molecule has 2 rings (SSSR count). The van der Waals surface area contributed by atoms with Crippen LogP contribution in [0, 0.1) is 6.92 Å². The van der Waals surface area contributed by atoms with Crippen molar-refractivity contribution < 1.29 is 9.53 Å². The van der Waals surface area contributed by atoms with Crippen LogP contribution in [0.5, 0.6) is 11.6 Å². The van der Waals surface area contributed by atoms with Gasteiger partial charge in [0.25, 0.3) is 0 Å². The molecule has 0 atom stereocenters. The summed E-state index contributed by atoms with van der Waals surface area (Å²) in [6.45, 7) is 3.52. The largest absolute Gasteiger partial charge is 0.438 e. The van der Waals surface area contributed by atoms with Crippen LogP contribution < -0.4 is 4.74 Å². The van der Waals surface area contributed by atoms with Gasteiger partial charge < -0.3 is 4.74 Å². The minimum Gasteiger partial charge on any atom is -0.438 e. The molecule has 1 aromatic carbocycles. The van der Waals surface area contributed by atoms with Crippen LogP contribution in [0.4, 0.5) is 0 Å². The minimum atomic E-state index is -0.00905. The summed E-state index contributed by atoms with van der Waals surface area (Å²) in [5.41, 5.74) is 1.72. The van der Waals surface area contributed by atoms with Gasteiger partial charge in [-0.1, -0.05) is 6.07 Å². The lowest BCUT2D eigenvalue weighted by Crippen LogP contribution is -1.95. The predicted molar refractivity (Wildman–Crippen MR) is 73.2 cm³/mol. The Morgan fingerprint density at radius 3 is 2.72 bits per heavy atom. The lowest BCUT2D eigenvalue weighted by atomic mass is 10.2. The Morgan fingerprint density at radius 2 is 2.06 bits per heavy atom. The van der Waals surface area contributed by atoms with E-state index in [1.54, 1.807) is 18.3 Å². The number of nitrogens with zero attached hydrogens (tertiary/aromatic N) is 1. The fraction of sp³-hybridized carbons (Fsp3) is 0.143. The summed E-state index contributed by atoms with van der Waals surface area (Å²) in [4.78, 5) is 15.4. The Kier molecular flexibility index (Phi) is 3.77. The summed E-state index contributed by atoms with van der Waals surface area (Å²) in [5.74, 6) is 1.08. The number of ketones is 1. The molecule has 92 valence electrons. The zero-order valence-corrected chi connectivity index (χ0v) is 11.7. The number of aryl methyl sites for hydroxylation is 1. The van der Waals surface area contributed by atoms with E-state index in [2.05, 4.69) is 20.9 Å². The topological polar surface area (TPSA) is 39.2 Å².